The van der Waals surface area contributed by atoms with Crippen molar-refractivity contribution in [1.82, 2.24) is 19.9 Å². The van der Waals surface area contributed by atoms with Crippen LogP contribution in [0, 0.1) is 17.1 Å². The van der Waals surface area contributed by atoms with E-state index in [1.54, 1.807) is 37.4 Å². The van der Waals surface area contributed by atoms with Crippen LogP contribution in [0.4, 0.5) is 4.39 Å². The van der Waals surface area contributed by atoms with Crippen molar-refractivity contribution in [3.8, 4) is 46.2 Å². The number of halogens is 2. The molecule has 148 valence electrons. The molecule has 0 saturated heterocycles. The number of imidazole rings is 1. The number of H-pyrrole nitrogens is 1. The number of hydrogen-bond acceptors (Lipinski definition) is 6. The predicted molar refractivity (Wildman–Crippen MR) is 108 cm³/mol. The van der Waals surface area contributed by atoms with E-state index in [2.05, 4.69) is 19.9 Å². The van der Waals surface area contributed by atoms with E-state index in [-0.39, 0.29) is 28.1 Å². The Kier molecular flexibility index (Phi) is 5.28. The molecule has 4 aromatic rings. The largest absolute Gasteiger partial charge is 0.497 e. The second kappa shape index (κ2) is 8.19. The van der Waals surface area contributed by atoms with Crippen molar-refractivity contribution < 1.29 is 13.9 Å². The predicted octanol–water partition coefficient (Wildman–Crippen LogP) is 5.00. The fraction of sp³-hybridized carbons (Fsp3) is 0.0476. The molecule has 4 rings (SSSR count). The molecule has 0 aliphatic carbocycles. The summed E-state index contributed by atoms with van der Waals surface area (Å²) < 4.78 is 25.0. The van der Waals surface area contributed by atoms with E-state index in [1.807, 2.05) is 6.07 Å². The topological polar surface area (TPSA) is 96.7 Å². The van der Waals surface area contributed by atoms with Gasteiger partial charge in [0.15, 0.2) is 5.69 Å². The van der Waals surface area contributed by atoms with Crippen LogP contribution in [0.25, 0.3) is 22.6 Å². The Morgan fingerprint density at radius 2 is 1.83 bits per heavy atom. The summed E-state index contributed by atoms with van der Waals surface area (Å²) in [6.45, 7) is 0. The van der Waals surface area contributed by atoms with Crippen molar-refractivity contribution in [3.63, 3.8) is 0 Å². The lowest BCUT2D eigenvalue weighted by Gasteiger charge is -2.06. The lowest BCUT2D eigenvalue weighted by Crippen LogP contribution is -1.93. The lowest BCUT2D eigenvalue weighted by molar-refractivity contribution is 0.404. The smallest absolute Gasteiger partial charge is 0.321 e. The molecule has 0 bridgehead atoms. The number of benzene rings is 2. The minimum Gasteiger partial charge on any atom is -0.497 e. The molecule has 2 heterocycles. The minimum atomic E-state index is -0.550. The van der Waals surface area contributed by atoms with Crippen LogP contribution in [0.15, 0.2) is 54.9 Å². The lowest BCUT2D eigenvalue weighted by atomic mass is 10.2. The van der Waals surface area contributed by atoms with E-state index < -0.39 is 5.82 Å². The first-order valence-electron chi connectivity index (χ1n) is 8.68. The average Bonchev–Trinajstić information content (AvgIpc) is 3.18. The summed E-state index contributed by atoms with van der Waals surface area (Å²) in [6.07, 6.45) is 2.95. The molecule has 30 heavy (non-hydrogen) atoms. The Bertz CT molecular complexity index is 1230. The molecule has 2 aromatic carbocycles. The highest BCUT2D eigenvalue weighted by Gasteiger charge is 2.18. The molecule has 1 N–H and O–H groups in total. The molecule has 7 nitrogen and oxygen atoms in total. The quantitative estimate of drug-likeness (QED) is 0.487. The Hall–Kier alpha value is -3.96. The third-order valence-corrected chi connectivity index (χ3v) is 4.49. The Morgan fingerprint density at radius 3 is 2.53 bits per heavy atom. The molecule has 0 unspecified atom stereocenters. The van der Waals surface area contributed by atoms with Gasteiger partial charge < -0.3 is 14.5 Å². The SMILES string of the molecule is COc1cccc(Oc2ncc(-c3[nH]c(-c4c(F)cccc4Cl)nc3C#N)cn2)c1. The molecule has 2 aromatic heterocycles. The highest BCUT2D eigenvalue weighted by molar-refractivity contribution is 6.33. The van der Waals surface area contributed by atoms with Crippen LogP contribution in [-0.2, 0) is 0 Å². The van der Waals surface area contributed by atoms with Crippen molar-refractivity contribution in [3.05, 3.63) is 71.4 Å². The molecule has 0 atom stereocenters. The first-order valence-corrected chi connectivity index (χ1v) is 9.05. The number of aromatic amines is 1. The van der Waals surface area contributed by atoms with Crippen LogP contribution in [0.1, 0.15) is 5.69 Å². The Labute approximate surface area is 175 Å². The summed E-state index contributed by atoms with van der Waals surface area (Å²) in [7, 11) is 1.56. The molecule has 0 aliphatic heterocycles. The van der Waals surface area contributed by atoms with Gasteiger partial charge in [0, 0.05) is 24.0 Å². The number of nitriles is 1. The van der Waals surface area contributed by atoms with E-state index in [1.165, 1.54) is 24.5 Å². The van der Waals surface area contributed by atoms with E-state index in [9.17, 15) is 9.65 Å². The Balaban J connectivity index is 1.64. The fourth-order valence-electron chi connectivity index (χ4n) is 2.77. The zero-order valence-electron chi connectivity index (χ0n) is 15.6. The van der Waals surface area contributed by atoms with Crippen LogP contribution < -0.4 is 9.47 Å². The molecule has 0 spiro atoms. The summed E-state index contributed by atoms with van der Waals surface area (Å²) in [5.74, 6) is 0.740. The number of ether oxygens (including phenoxy) is 2. The maximum atomic E-state index is 14.2. The van der Waals surface area contributed by atoms with Crippen LogP contribution in [0.2, 0.25) is 5.02 Å². The maximum absolute atomic E-state index is 14.2. The van der Waals surface area contributed by atoms with E-state index in [0.29, 0.717) is 22.8 Å². The van der Waals surface area contributed by atoms with Gasteiger partial charge in [-0.2, -0.15) is 5.26 Å². The molecule has 0 radical (unpaired) electrons. The van der Waals surface area contributed by atoms with Crippen LogP contribution in [0.5, 0.6) is 17.5 Å². The van der Waals surface area contributed by atoms with Gasteiger partial charge in [-0.15, -0.1) is 0 Å². The second-order valence-electron chi connectivity index (χ2n) is 6.05. The van der Waals surface area contributed by atoms with Crippen molar-refractivity contribution in [1.29, 1.82) is 5.26 Å². The third kappa shape index (κ3) is 3.79. The highest BCUT2D eigenvalue weighted by Crippen LogP contribution is 2.32. The Morgan fingerprint density at radius 1 is 1.10 bits per heavy atom. The standard InChI is InChI=1S/C21H13ClFN5O2/c1-29-13-4-2-5-14(8-13)30-21-25-10-12(11-26-21)19-17(9-24)27-20(28-19)18-15(22)6-3-7-16(18)23/h2-8,10-11H,1H3,(H,27,28). The molecule has 0 fully saturated rings. The van der Waals surface area contributed by atoms with Crippen LogP contribution >= 0.6 is 11.6 Å². The normalized spacial score (nSPS) is 10.5. The van der Waals surface area contributed by atoms with Gasteiger partial charge in [0.2, 0.25) is 0 Å². The molecule has 0 amide bonds. The zero-order chi connectivity index (χ0) is 21.1. The number of hydrogen-bond donors (Lipinski definition) is 1. The number of rotatable bonds is 5. The summed E-state index contributed by atoms with van der Waals surface area (Å²) in [5.41, 5.74) is 0.978. The number of aromatic nitrogens is 4. The van der Waals surface area contributed by atoms with Gasteiger partial charge in [0.25, 0.3) is 0 Å². The monoisotopic (exact) mass is 421 g/mol. The molecule has 9 heteroatoms. The van der Waals surface area contributed by atoms with Gasteiger partial charge >= 0.3 is 6.01 Å². The van der Waals surface area contributed by atoms with Gasteiger partial charge in [0.05, 0.1) is 23.4 Å². The van der Waals surface area contributed by atoms with Crippen molar-refractivity contribution >= 4 is 11.6 Å². The third-order valence-electron chi connectivity index (χ3n) is 4.18. The summed E-state index contributed by atoms with van der Waals surface area (Å²) >= 11 is 6.10. The summed E-state index contributed by atoms with van der Waals surface area (Å²) in [5, 5.41) is 9.62. The highest BCUT2D eigenvalue weighted by atomic mass is 35.5. The van der Waals surface area contributed by atoms with Gasteiger partial charge in [-0.1, -0.05) is 23.7 Å². The van der Waals surface area contributed by atoms with Gasteiger partial charge in [-0.25, -0.2) is 19.3 Å². The molecule has 0 saturated carbocycles. The van der Waals surface area contributed by atoms with Crippen molar-refractivity contribution in [2.24, 2.45) is 0 Å². The zero-order valence-corrected chi connectivity index (χ0v) is 16.3. The number of nitrogens with zero attached hydrogens (tertiary/aromatic N) is 4. The van der Waals surface area contributed by atoms with Gasteiger partial charge in [-0.05, 0) is 24.3 Å². The van der Waals surface area contributed by atoms with Crippen LogP contribution in [0.3, 0.4) is 0 Å². The van der Waals surface area contributed by atoms with E-state index >= 15 is 0 Å². The average molecular weight is 422 g/mol. The van der Waals surface area contributed by atoms with Crippen LogP contribution in [-0.4, -0.2) is 27.0 Å². The molecular weight excluding hydrogens is 409 g/mol. The fourth-order valence-corrected chi connectivity index (χ4v) is 3.03. The molecule has 0 aliphatic rings. The van der Waals surface area contributed by atoms with E-state index in [0.717, 1.165) is 0 Å². The van der Waals surface area contributed by atoms with Crippen molar-refractivity contribution in [2.75, 3.05) is 7.11 Å². The van der Waals surface area contributed by atoms with E-state index in [4.69, 9.17) is 21.1 Å². The summed E-state index contributed by atoms with van der Waals surface area (Å²) in [4.78, 5) is 15.4. The first-order chi connectivity index (χ1) is 14.6. The second-order valence-corrected chi connectivity index (χ2v) is 6.46. The first kappa shape index (κ1) is 19.4. The van der Waals surface area contributed by atoms with Gasteiger partial charge in [-0.3, -0.25) is 0 Å². The van der Waals surface area contributed by atoms with Crippen molar-refractivity contribution in [2.45, 2.75) is 0 Å². The number of methoxy groups -OCH3 is 1. The molecular formula is C21H13ClFN5O2. The minimum absolute atomic E-state index is 0.0642. The maximum Gasteiger partial charge on any atom is 0.321 e. The number of nitrogens with one attached hydrogen (secondary N) is 1. The summed E-state index contributed by atoms with van der Waals surface area (Å²) in [6, 6.07) is 13.4. The van der Waals surface area contributed by atoms with Gasteiger partial charge in [0.1, 0.15) is 29.2 Å².